The number of amides is 1. The number of ether oxygens (including phenoxy) is 1. The monoisotopic (exact) mass is 333 g/mol. The number of rotatable bonds is 5. The molecule has 0 saturated heterocycles. The van der Waals surface area contributed by atoms with Gasteiger partial charge in [-0.1, -0.05) is 12.1 Å². The zero-order valence-corrected chi connectivity index (χ0v) is 15.0. The zero-order valence-electron chi connectivity index (χ0n) is 15.0. The summed E-state index contributed by atoms with van der Waals surface area (Å²) in [6.45, 7) is 4.57. The van der Waals surface area contributed by atoms with Gasteiger partial charge in [0.15, 0.2) is 0 Å². The van der Waals surface area contributed by atoms with Gasteiger partial charge in [-0.2, -0.15) is 0 Å². The highest BCUT2D eigenvalue weighted by molar-refractivity contribution is 5.79. The molecule has 0 aromatic heterocycles. The molecule has 1 aliphatic carbocycles. The summed E-state index contributed by atoms with van der Waals surface area (Å²) < 4.78 is 5.38. The lowest BCUT2D eigenvalue weighted by molar-refractivity contribution is -0.145. The van der Waals surface area contributed by atoms with E-state index in [9.17, 15) is 9.59 Å². The lowest BCUT2D eigenvalue weighted by Gasteiger charge is -2.29. The number of hydrogen-bond donors (Lipinski definition) is 1. The Kier molecular flexibility index (Phi) is 5.86. The summed E-state index contributed by atoms with van der Waals surface area (Å²) in [5, 5.41) is 9.06. The second-order valence-electron chi connectivity index (χ2n) is 6.84. The molecule has 0 spiro atoms. The van der Waals surface area contributed by atoms with Crippen LogP contribution in [0.4, 0.5) is 0 Å². The molecule has 1 saturated carbocycles. The Morgan fingerprint density at radius 3 is 2.08 bits per heavy atom. The third-order valence-electron chi connectivity index (χ3n) is 4.95. The number of benzene rings is 1. The molecule has 24 heavy (non-hydrogen) atoms. The first kappa shape index (κ1) is 18.3. The molecule has 0 bridgehead atoms. The van der Waals surface area contributed by atoms with Gasteiger partial charge >= 0.3 is 5.97 Å². The highest BCUT2D eigenvalue weighted by Crippen LogP contribution is 2.31. The van der Waals surface area contributed by atoms with Crippen molar-refractivity contribution in [2.24, 2.45) is 11.8 Å². The van der Waals surface area contributed by atoms with Crippen LogP contribution >= 0.6 is 0 Å². The van der Waals surface area contributed by atoms with Gasteiger partial charge in [0.25, 0.3) is 0 Å². The largest absolute Gasteiger partial charge is 0.496 e. The average molecular weight is 333 g/mol. The molecule has 132 valence electrons. The maximum absolute atomic E-state index is 12.6. The number of carbonyl (C=O) groups excluding carboxylic acids is 1. The summed E-state index contributed by atoms with van der Waals surface area (Å²) >= 11 is 0. The number of nitrogens with zero attached hydrogens (tertiary/aromatic N) is 1. The van der Waals surface area contributed by atoms with Crippen molar-refractivity contribution in [1.29, 1.82) is 0 Å². The normalized spacial score (nSPS) is 20.5. The van der Waals surface area contributed by atoms with Gasteiger partial charge in [0.2, 0.25) is 5.91 Å². The minimum absolute atomic E-state index is 0.0500. The van der Waals surface area contributed by atoms with E-state index in [2.05, 4.69) is 12.1 Å². The fourth-order valence-corrected chi connectivity index (χ4v) is 3.70. The maximum Gasteiger partial charge on any atom is 0.306 e. The molecule has 1 aromatic rings. The van der Waals surface area contributed by atoms with Gasteiger partial charge < -0.3 is 14.7 Å². The van der Waals surface area contributed by atoms with Crippen LogP contribution in [-0.4, -0.2) is 36.0 Å². The quantitative estimate of drug-likeness (QED) is 0.899. The summed E-state index contributed by atoms with van der Waals surface area (Å²) in [5.41, 5.74) is 3.21. The van der Waals surface area contributed by atoms with Crippen molar-refractivity contribution in [3.63, 3.8) is 0 Å². The lowest BCUT2D eigenvalue weighted by atomic mass is 9.81. The van der Waals surface area contributed by atoms with E-state index in [1.165, 1.54) is 0 Å². The van der Waals surface area contributed by atoms with Gasteiger partial charge in [0, 0.05) is 19.5 Å². The average Bonchev–Trinajstić information content (AvgIpc) is 2.54. The molecule has 0 heterocycles. The summed E-state index contributed by atoms with van der Waals surface area (Å²) in [7, 11) is 3.48. The van der Waals surface area contributed by atoms with E-state index in [-0.39, 0.29) is 17.7 Å². The summed E-state index contributed by atoms with van der Waals surface area (Å²) in [5.74, 6) is -0.0691. The van der Waals surface area contributed by atoms with Crippen LogP contribution < -0.4 is 4.74 Å². The van der Waals surface area contributed by atoms with Crippen molar-refractivity contribution in [3.05, 3.63) is 28.8 Å². The number of methoxy groups -OCH3 is 1. The van der Waals surface area contributed by atoms with Crippen molar-refractivity contribution in [1.82, 2.24) is 4.90 Å². The minimum Gasteiger partial charge on any atom is -0.496 e. The molecular formula is C19H27NO4. The van der Waals surface area contributed by atoms with Crippen LogP contribution in [0.25, 0.3) is 0 Å². The lowest BCUT2D eigenvalue weighted by Crippen LogP contribution is -2.35. The van der Waals surface area contributed by atoms with Crippen LogP contribution in [0, 0.1) is 25.7 Å². The highest BCUT2D eigenvalue weighted by atomic mass is 16.5. The standard InChI is InChI=1S/C19H27NO4/c1-12-9-14(10-13(2)17(12)24-4)11-20(3)18(21)15-5-7-16(8-6-15)19(22)23/h9-10,15-16H,5-8,11H2,1-4H3,(H,22,23). The Balaban J connectivity index is 1.98. The van der Waals surface area contributed by atoms with E-state index >= 15 is 0 Å². The van der Waals surface area contributed by atoms with Crippen LogP contribution in [0.3, 0.4) is 0 Å². The van der Waals surface area contributed by atoms with Crippen LogP contribution in [-0.2, 0) is 16.1 Å². The molecule has 1 aromatic carbocycles. The Morgan fingerprint density at radius 1 is 1.12 bits per heavy atom. The van der Waals surface area contributed by atoms with Gasteiger partial charge in [-0.05, 0) is 56.2 Å². The van der Waals surface area contributed by atoms with Crippen molar-refractivity contribution in [3.8, 4) is 5.75 Å². The van der Waals surface area contributed by atoms with Gasteiger partial charge in [-0.3, -0.25) is 9.59 Å². The first-order valence-corrected chi connectivity index (χ1v) is 8.45. The number of aliphatic carboxylic acids is 1. The van der Waals surface area contributed by atoms with E-state index in [1.807, 2.05) is 20.9 Å². The number of carbonyl (C=O) groups is 2. The molecule has 5 heteroatoms. The van der Waals surface area contributed by atoms with Gasteiger partial charge in [0.1, 0.15) is 5.75 Å². The number of carboxylic acid groups (broad SMARTS) is 1. The van der Waals surface area contributed by atoms with Crippen molar-refractivity contribution in [2.45, 2.75) is 46.1 Å². The van der Waals surface area contributed by atoms with E-state index in [0.29, 0.717) is 32.2 Å². The number of hydrogen-bond acceptors (Lipinski definition) is 3. The summed E-state index contributed by atoms with van der Waals surface area (Å²) in [6.07, 6.45) is 2.53. The molecule has 0 atom stereocenters. The van der Waals surface area contributed by atoms with Crippen LogP contribution in [0.2, 0.25) is 0 Å². The third kappa shape index (κ3) is 4.08. The highest BCUT2D eigenvalue weighted by Gasteiger charge is 2.31. The molecular weight excluding hydrogens is 306 g/mol. The van der Waals surface area contributed by atoms with Crippen LogP contribution in [0.15, 0.2) is 12.1 Å². The van der Waals surface area contributed by atoms with Crippen LogP contribution in [0.1, 0.15) is 42.4 Å². The predicted molar refractivity (Wildman–Crippen MR) is 92.0 cm³/mol. The molecule has 5 nitrogen and oxygen atoms in total. The van der Waals surface area contributed by atoms with Crippen molar-refractivity contribution >= 4 is 11.9 Å². The molecule has 0 unspecified atom stereocenters. The molecule has 1 N–H and O–H groups in total. The Hall–Kier alpha value is -2.04. The summed E-state index contributed by atoms with van der Waals surface area (Å²) in [4.78, 5) is 25.4. The zero-order chi connectivity index (χ0) is 17.9. The summed E-state index contributed by atoms with van der Waals surface area (Å²) in [6, 6.07) is 4.11. The van der Waals surface area contributed by atoms with Gasteiger partial charge in [-0.25, -0.2) is 0 Å². The van der Waals surface area contributed by atoms with Crippen molar-refractivity contribution in [2.75, 3.05) is 14.2 Å². The fraction of sp³-hybridized carbons (Fsp3) is 0.579. The molecule has 0 aliphatic heterocycles. The fourth-order valence-electron chi connectivity index (χ4n) is 3.70. The van der Waals surface area contributed by atoms with Crippen LogP contribution in [0.5, 0.6) is 5.75 Å². The van der Waals surface area contributed by atoms with E-state index in [1.54, 1.807) is 12.0 Å². The third-order valence-corrected chi connectivity index (χ3v) is 4.95. The van der Waals surface area contributed by atoms with E-state index < -0.39 is 5.97 Å². The van der Waals surface area contributed by atoms with E-state index in [4.69, 9.17) is 9.84 Å². The second kappa shape index (κ2) is 7.69. The molecule has 1 fully saturated rings. The number of aryl methyl sites for hydroxylation is 2. The molecule has 2 rings (SSSR count). The smallest absolute Gasteiger partial charge is 0.306 e. The molecule has 1 amide bonds. The SMILES string of the molecule is COc1c(C)cc(CN(C)C(=O)C2CCC(C(=O)O)CC2)cc1C. The second-order valence-corrected chi connectivity index (χ2v) is 6.84. The number of carboxylic acids is 1. The van der Waals surface area contributed by atoms with Crippen molar-refractivity contribution < 1.29 is 19.4 Å². The molecule has 1 aliphatic rings. The van der Waals surface area contributed by atoms with Gasteiger partial charge in [-0.15, -0.1) is 0 Å². The van der Waals surface area contributed by atoms with Gasteiger partial charge in [0.05, 0.1) is 13.0 Å². The maximum atomic E-state index is 12.6. The Labute approximate surface area is 143 Å². The van der Waals surface area contributed by atoms with E-state index in [0.717, 1.165) is 22.4 Å². The molecule has 0 radical (unpaired) electrons. The topological polar surface area (TPSA) is 66.8 Å². The minimum atomic E-state index is -0.738. The first-order chi connectivity index (χ1) is 11.3. The first-order valence-electron chi connectivity index (χ1n) is 8.45. The Morgan fingerprint density at radius 2 is 1.62 bits per heavy atom. The predicted octanol–water partition coefficient (Wildman–Crippen LogP) is 3.16. The Bertz CT molecular complexity index is 595.